The zero-order valence-corrected chi connectivity index (χ0v) is 18.0. The molecule has 0 unspecified atom stereocenters. The lowest BCUT2D eigenvalue weighted by atomic mass is 9.97. The predicted molar refractivity (Wildman–Crippen MR) is 119 cm³/mol. The summed E-state index contributed by atoms with van der Waals surface area (Å²) in [7, 11) is 0. The predicted octanol–water partition coefficient (Wildman–Crippen LogP) is 7.16. The Balaban J connectivity index is 1.90. The highest BCUT2D eigenvalue weighted by molar-refractivity contribution is 9.10. The highest BCUT2D eigenvalue weighted by atomic mass is 79.9. The molecule has 0 fully saturated rings. The SMILES string of the molecule is Cc1c(-c2ccccc2)nc2ccc(Br)cc2c1C(=O)Nc1cc(F)c(Cl)cc1F. The lowest BCUT2D eigenvalue weighted by molar-refractivity contribution is 0.102. The maximum Gasteiger partial charge on any atom is 0.256 e. The molecule has 0 atom stereocenters. The van der Waals surface area contributed by atoms with Gasteiger partial charge >= 0.3 is 0 Å². The van der Waals surface area contributed by atoms with E-state index in [-0.39, 0.29) is 10.7 Å². The van der Waals surface area contributed by atoms with Crippen LogP contribution in [0, 0.1) is 18.6 Å². The van der Waals surface area contributed by atoms with Crippen molar-refractivity contribution in [2.75, 3.05) is 5.32 Å². The number of carbonyl (C=O) groups excluding carboxylic acids is 1. The zero-order chi connectivity index (χ0) is 21.4. The number of halogens is 4. The Labute approximate surface area is 184 Å². The van der Waals surface area contributed by atoms with Gasteiger partial charge in [0.2, 0.25) is 0 Å². The minimum absolute atomic E-state index is 0.289. The summed E-state index contributed by atoms with van der Waals surface area (Å²) in [6, 6.07) is 16.5. The van der Waals surface area contributed by atoms with E-state index in [9.17, 15) is 13.6 Å². The first-order valence-electron chi connectivity index (χ1n) is 8.96. The topological polar surface area (TPSA) is 42.0 Å². The average molecular weight is 488 g/mol. The Bertz CT molecular complexity index is 1300. The van der Waals surface area contributed by atoms with Crippen LogP contribution in [0.25, 0.3) is 22.2 Å². The first-order valence-corrected chi connectivity index (χ1v) is 10.1. The molecule has 0 bridgehead atoms. The summed E-state index contributed by atoms with van der Waals surface area (Å²) in [6.45, 7) is 1.78. The van der Waals surface area contributed by atoms with E-state index in [0.717, 1.165) is 22.2 Å². The Morgan fingerprint density at radius 3 is 2.50 bits per heavy atom. The van der Waals surface area contributed by atoms with Crippen molar-refractivity contribution < 1.29 is 13.6 Å². The number of hydrogen-bond donors (Lipinski definition) is 1. The highest BCUT2D eigenvalue weighted by Crippen LogP contribution is 2.32. The number of fused-ring (bicyclic) bond motifs is 1. The van der Waals surface area contributed by atoms with Crippen molar-refractivity contribution in [1.29, 1.82) is 0 Å². The van der Waals surface area contributed by atoms with Gasteiger partial charge in [0, 0.05) is 21.5 Å². The normalized spacial score (nSPS) is 11.0. The van der Waals surface area contributed by atoms with Crippen LogP contribution in [0.4, 0.5) is 14.5 Å². The van der Waals surface area contributed by atoms with Gasteiger partial charge in [-0.15, -0.1) is 0 Å². The van der Waals surface area contributed by atoms with Gasteiger partial charge in [0.25, 0.3) is 5.91 Å². The highest BCUT2D eigenvalue weighted by Gasteiger charge is 2.21. The molecule has 1 aromatic heterocycles. The fraction of sp³-hybridized carbons (Fsp3) is 0.0435. The van der Waals surface area contributed by atoms with Crippen molar-refractivity contribution in [3.63, 3.8) is 0 Å². The molecule has 3 aromatic carbocycles. The number of anilines is 1. The summed E-state index contributed by atoms with van der Waals surface area (Å²) in [5, 5.41) is 2.71. The molecular formula is C23H14BrClF2N2O. The van der Waals surface area contributed by atoms with Gasteiger partial charge in [0.1, 0.15) is 11.6 Å². The Morgan fingerprint density at radius 1 is 1.03 bits per heavy atom. The largest absolute Gasteiger partial charge is 0.319 e. The minimum atomic E-state index is -0.824. The summed E-state index contributed by atoms with van der Waals surface area (Å²) in [5.41, 5.74) is 2.75. The van der Waals surface area contributed by atoms with Crippen LogP contribution in [-0.4, -0.2) is 10.9 Å². The van der Waals surface area contributed by atoms with E-state index in [0.29, 0.717) is 27.7 Å². The van der Waals surface area contributed by atoms with Crippen LogP contribution in [0.2, 0.25) is 5.02 Å². The van der Waals surface area contributed by atoms with Crippen LogP contribution < -0.4 is 5.32 Å². The molecular weight excluding hydrogens is 474 g/mol. The molecule has 0 aliphatic heterocycles. The number of nitrogens with zero attached hydrogens (tertiary/aromatic N) is 1. The summed E-state index contributed by atoms with van der Waals surface area (Å²) in [4.78, 5) is 17.9. The lowest BCUT2D eigenvalue weighted by Gasteiger charge is -2.15. The van der Waals surface area contributed by atoms with Gasteiger partial charge in [0.05, 0.1) is 27.5 Å². The molecule has 7 heteroatoms. The zero-order valence-electron chi connectivity index (χ0n) is 15.6. The van der Waals surface area contributed by atoms with E-state index in [1.54, 1.807) is 19.1 Å². The molecule has 0 spiro atoms. The van der Waals surface area contributed by atoms with Gasteiger partial charge in [0.15, 0.2) is 0 Å². The standard InChI is InChI=1S/C23H14BrClF2N2O/c1-12-21(23(30)29-20-11-17(26)16(25)10-18(20)27)15-9-14(24)7-8-19(15)28-22(12)13-5-3-2-4-6-13/h2-11H,1H3,(H,29,30). The second-order valence-electron chi connectivity index (χ2n) is 6.69. The maximum atomic E-state index is 14.2. The van der Waals surface area contributed by atoms with E-state index in [1.165, 1.54) is 0 Å². The van der Waals surface area contributed by atoms with E-state index < -0.39 is 17.5 Å². The molecule has 30 heavy (non-hydrogen) atoms. The van der Waals surface area contributed by atoms with E-state index in [4.69, 9.17) is 16.6 Å². The van der Waals surface area contributed by atoms with Crippen LogP contribution in [0.15, 0.2) is 65.1 Å². The number of benzene rings is 3. The van der Waals surface area contributed by atoms with E-state index in [2.05, 4.69) is 21.2 Å². The molecule has 0 aliphatic rings. The number of aromatic nitrogens is 1. The molecule has 1 amide bonds. The quantitative estimate of drug-likeness (QED) is 0.312. The summed E-state index contributed by atoms with van der Waals surface area (Å²) >= 11 is 9.02. The molecule has 150 valence electrons. The fourth-order valence-corrected chi connectivity index (χ4v) is 3.81. The Morgan fingerprint density at radius 2 is 1.77 bits per heavy atom. The molecule has 1 N–H and O–H groups in total. The van der Waals surface area contributed by atoms with Crippen molar-refractivity contribution in [2.24, 2.45) is 0 Å². The van der Waals surface area contributed by atoms with Gasteiger partial charge in [-0.05, 0) is 36.8 Å². The molecule has 0 aliphatic carbocycles. The lowest BCUT2D eigenvalue weighted by Crippen LogP contribution is -2.16. The van der Waals surface area contributed by atoms with Crippen molar-refractivity contribution in [2.45, 2.75) is 6.92 Å². The van der Waals surface area contributed by atoms with Crippen LogP contribution in [0.1, 0.15) is 15.9 Å². The maximum absolute atomic E-state index is 14.2. The monoisotopic (exact) mass is 486 g/mol. The van der Waals surface area contributed by atoms with Gasteiger partial charge in [-0.25, -0.2) is 13.8 Å². The molecule has 4 aromatic rings. The second kappa shape index (κ2) is 8.13. The average Bonchev–Trinajstić information content (AvgIpc) is 2.72. The summed E-state index contributed by atoms with van der Waals surface area (Å²) in [5.74, 6) is -2.22. The van der Waals surface area contributed by atoms with Gasteiger partial charge in [-0.3, -0.25) is 4.79 Å². The van der Waals surface area contributed by atoms with E-state index >= 15 is 0 Å². The molecule has 0 radical (unpaired) electrons. The van der Waals surface area contributed by atoms with Crippen LogP contribution in [-0.2, 0) is 0 Å². The van der Waals surface area contributed by atoms with E-state index in [1.807, 2.05) is 36.4 Å². The van der Waals surface area contributed by atoms with Gasteiger partial charge in [-0.2, -0.15) is 0 Å². The smallest absolute Gasteiger partial charge is 0.256 e. The third kappa shape index (κ3) is 3.80. The van der Waals surface area contributed by atoms with Crippen LogP contribution in [0.5, 0.6) is 0 Å². The van der Waals surface area contributed by atoms with Gasteiger partial charge in [-0.1, -0.05) is 57.9 Å². The summed E-state index contributed by atoms with van der Waals surface area (Å²) < 4.78 is 28.8. The Hall–Kier alpha value is -2.83. The van der Waals surface area contributed by atoms with Crippen molar-refractivity contribution >= 4 is 50.0 Å². The third-order valence-corrected chi connectivity index (χ3v) is 5.51. The Kier molecular flexibility index (Phi) is 5.54. The first-order chi connectivity index (χ1) is 14.3. The second-order valence-corrected chi connectivity index (χ2v) is 8.01. The molecule has 0 saturated carbocycles. The summed E-state index contributed by atoms with van der Waals surface area (Å²) in [6.07, 6.45) is 0. The molecule has 0 saturated heterocycles. The van der Waals surface area contributed by atoms with Crippen LogP contribution >= 0.6 is 27.5 Å². The number of amides is 1. The number of nitrogens with one attached hydrogen (secondary N) is 1. The van der Waals surface area contributed by atoms with Gasteiger partial charge < -0.3 is 5.32 Å². The fourth-order valence-electron chi connectivity index (χ4n) is 3.30. The number of hydrogen-bond acceptors (Lipinski definition) is 2. The molecule has 1 heterocycles. The minimum Gasteiger partial charge on any atom is -0.319 e. The molecule has 3 nitrogen and oxygen atoms in total. The third-order valence-electron chi connectivity index (χ3n) is 4.72. The number of rotatable bonds is 3. The van der Waals surface area contributed by atoms with Crippen molar-refractivity contribution in [3.8, 4) is 11.3 Å². The molecule has 4 rings (SSSR count). The van der Waals surface area contributed by atoms with Crippen LogP contribution in [0.3, 0.4) is 0 Å². The van der Waals surface area contributed by atoms with Crippen molar-refractivity contribution in [1.82, 2.24) is 4.98 Å². The first kappa shape index (κ1) is 20.4. The number of pyridine rings is 1. The number of carbonyl (C=O) groups is 1. The van der Waals surface area contributed by atoms with Crippen molar-refractivity contribution in [3.05, 3.63) is 92.9 Å².